The van der Waals surface area contributed by atoms with Crippen molar-refractivity contribution in [1.29, 1.82) is 0 Å². The van der Waals surface area contributed by atoms with Gasteiger partial charge in [0, 0.05) is 30.8 Å². The van der Waals surface area contributed by atoms with Crippen LogP contribution < -0.4 is 4.74 Å². The third-order valence-electron chi connectivity index (χ3n) is 9.32. The summed E-state index contributed by atoms with van der Waals surface area (Å²) < 4.78 is 83.3. The summed E-state index contributed by atoms with van der Waals surface area (Å²) in [6.07, 6.45) is -1.62. The number of hydrogen-bond donors (Lipinski definition) is 1. The number of sulfonamides is 1. The third-order valence-corrected chi connectivity index (χ3v) is 11.1. The summed E-state index contributed by atoms with van der Waals surface area (Å²) >= 11 is 0. The molecule has 0 bridgehead atoms. The zero-order chi connectivity index (χ0) is 33.9. The van der Waals surface area contributed by atoms with Crippen LogP contribution in [0.4, 0.5) is 13.2 Å². The van der Waals surface area contributed by atoms with E-state index in [0.717, 1.165) is 9.96 Å². The van der Waals surface area contributed by atoms with E-state index in [2.05, 4.69) is 15.2 Å². The molecule has 3 aromatic heterocycles. The molecule has 1 aromatic carbocycles. The van der Waals surface area contributed by atoms with E-state index in [4.69, 9.17) is 9.47 Å². The van der Waals surface area contributed by atoms with Crippen molar-refractivity contribution in [3.8, 4) is 5.88 Å². The minimum absolute atomic E-state index is 0.00660. The second-order valence-electron chi connectivity index (χ2n) is 12.4. The van der Waals surface area contributed by atoms with E-state index in [1.54, 1.807) is 38.2 Å². The van der Waals surface area contributed by atoms with Crippen LogP contribution >= 0.6 is 0 Å². The summed E-state index contributed by atoms with van der Waals surface area (Å²) in [6.45, 7) is 7.53. The van der Waals surface area contributed by atoms with E-state index in [9.17, 15) is 31.5 Å². The Morgan fingerprint density at radius 1 is 1.13 bits per heavy atom. The smallest absolute Gasteiger partial charge is 0.452 e. The lowest BCUT2D eigenvalue weighted by Crippen LogP contribution is -2.47. The average molecular weight is 674 g/mol. The standard InChI is InChI=1S/C32H34F3N5O6S/c1-5-31(14-26(41)42,24-8-10-40-27(21(24)4)37-38-29(40)32(33,34)35)23-7-6-20(3)22(13-23)16-39-17-30(9-11-45-18-30)46-28-25(47(39,43)44)12-19(2)15-36-28/h6-8,10,12-13,15H,5,9,11,14,16-18H2,1-4H3,(H,41,42)/t30-,31?/m0/s1. The molecule has 1 fully saturated rings. The van der Waals surface area contributed by atoms with Gasteiger partial charge in [0.1, 0.15) is 10.5 Å². The van der Waals surface area contributed by atoms with Crippen LogP contribution in [0, 0.1) is 20.8 Å². The zero-order valence-electron chi connectivity index (χ0n) is 26.3. The molecule has 11 nitrogen and oxygen atoms in total. The molecular weight excluding hydrogens is 639 g/mol. The maximum atomic E-state index is 14.2. The van der Waals surface area contributed by atoms with Crippen molar-refractivity contribution in [3.05, 3.63) is 81.9 Å². The summed E-state index contributed by atoms with van der Waals surface area (Å²) in [7, 11) is -4.10. The lowest BCUT2D eigenvalue weighted by Gasteiger charge is -2.35. The molecule has 1 saturated heterocycles. The fourth-order valence-corrected chi connectivity index (χ4v) is 8.41. The molecule has 0 amide bonds. The quantitative estimate of drug-likeness (QED) is 0.288. The van der Waals surface area contributed by atoms with Crippen LogP contribution in [0.3, 0.4) is 0 Å². The van der Waals surface area contributed by atoms with E-state index in [1.807, 2.05) is 13.8 Å². The van der Waals surface area contributed by atoms with Gasteiger partial charge < -0.3 is 14.6 Å². The Kier molecular flexibility index (Phi) is 8.08. The molecular formula is C32H34F3N5O6S. The Hall–Kier alpha value is -4.08. The van der Waals surface area contributed by atoms with Gasteiger partial charge in [-0.25, -0.2) is 13.4 Å². The lowest BCUT2D eigenvalue weighted by atomic mass is 9.68. The van der Waals surface area contributed by atoms with Gasteiger partial charge >= 0.3 is 12.1 Å². The Labute approximate surface area is 269 Å². The Balaban J connectivity index is 1.47. The molecule has 2 aliphatic heterocycles. The fraction of sp³-hybridized carbons (Fsp3) is 0.438. The van der Waals surface area contributed by atoms with Crippen molar-refractivity contribution in [3.63, 3.8) is 0 Å². The summed E-state index contributed by atoms with van der Waals surface area (Å²) in [5.74, 6) is -2.27. The topological polar surface area (TPSA) is 136 Å². The number of pyridine rings is 2. The first-order valence-electron chi connectivity index (χ1n) is 15.1. The number of fused-ring (bicyclic) bond motifs is 2. The summed E-state index contributed by atoms with van der Waals surface area (Å²) in [5.41, 5.74) is 1.30. The molecule has 1 unspecified atom stereocenters. The number of rotatable bonds is 7. The number of aryl methyl sites for hydroxylation is 3. The van der Waals surface area contributed by atoms with Gasteiger partial charge in [-0.05, 0) is 72.7 Å². The van der Waals surface area contributed by atoms with Crippen molar-refractivity contribution < 1.29 is 41.0 Å². The van der Waals surface area contributed by atoms with Gasteiger partial charge in [0.15, 0.2) is 5.65 Å². The Bertz CT molecular complexity index is 1990. The van der Waals surface area contributed by atoms with E-state index >= 15 is 0 Å². The minimum atomic E-state index is -4.74. The minimum Gasteiger partial charge on any atom is -0.481 e. The maximum absolute atomic E-state index is 14.2. The molecule has 15 heteroatoms. The molecule has 0 saturated carbocycles. The fourth-order valence-electron chi connectivity index (χ4n) is 6.76. The van der Waals surface area contributed by atoms with Gasteiger partial charge in [-0.3, -0.25) is 9.20 Å². The molecule has 0 radical (unpaired) electrons. The number of carboxylic acids is 1. The summed E-state index contributed by atoms with van der Waals surface area (Å²) in [4.78, 5) is 16.7. The number of ether oxygens (including phenoxy) is 2. The highest BCUT2D eigenvalue weighted by Crippen LogP contribution is 2.43. The number of hydrogen-bond acceptors (Lipinski definition) is 8. The molecule has 47 heavy (non-hydrogen) atoms. The van der Waals surface area contributed by atoms with E-state index in [0.29, 0.717) is 40.8 Å². The SMILES string of the molecule is CCC(CC(=O)O)(c1ccc(C)c(CN2C[C@]3(CCOC3)Oc3ncc(C)cc3S2(=O)=O)c1)c1ccn2c(C(F)(F)F)nnc2c1C. The normalized spacial score (nSPS) is 20.9. The van der Waals surface area contributed by atoms with Crippen LogP contribution in [0.1, 0.15) is 65.4 Å². The number of carboxylic acid groups (broad SMARTS) is 1. The maximum Gasteiger partial charge on any atom is 0.452 e. The number of benzene rings is 1. The summed E-state index contributed by atoms with van der Waals surface area (Å²) in [5, 5.41) is 17.3. The van der Waals surface area contributed by atoms with Crippen LogP contribution in [-0.2, 0) is 37.7 Å². The van der Waals surface area contributed by atoms with E-state index < -0.39 is 39.0 Å². The Morgan fingerprint density at radius 3 is 2.55 bits per heavy atom. The van der Waals surface area contributed by atoms with E-state index in [-0.39, 0.29) is 49.0 Å². The molecule has 4 aromatic rings. The number of nitrogens with zero attached hydrogens (tertiary/aromatic N) is 5. The molecule has 250 valence electrons. The van der Waals surface area contributed by atoms with E-state index in [1.165, 1.54) is 22.6 Å². The highest BCUT2D eigenvalue weighted by atomic mass is 32.2. The van der Waals surface area contributed by atoms with Crippen molar-refractivity contribution in [2.75, 3.05) is 19.8 Å². The first kappa shape index (κ1) is 32.8. The highest BCUT2D eigenvalue weighted by Gasteiger charge is 2.47. The zero-order valence-corrected chi connectivity index (χ0v) is 27.1. The number of aromatic nitrogens is 4. The van der Waals surface area contributed by atoms with Gasteiger partial charge in [-0.1, -0.05) is 25.1 Å². The van der Waals surface area contributed by atoms with Crippen LogP contribution in [0.2, 0.25) is 0 Å². The van der Waals surface area contributed by atoms with Gasteiger partial charge in [0.25, 0.3) is 0 Å². The average Bonchev–Trinajstić information content (AvgIpc) is 3.64. The molecule has 1 N–H and O–H groups in total. The third kappa shape index (κ3) is 5.63. The molecule has 2 atom stereocenters. The largest absolute Gasteiger partial charge is 0.481 e. The molecule has 1 spiro atoms. The monoisotopic (exact) mass is 673 g/mol. The van der Waals surface area contributed by atoms with Gasteiger partial charge in [0.2, 0.25) is 21.7 Å². The predicted octanol–water partition coefficient (Wildman–Crippen LogP) is 4.98. The second-order valence-corrected chi connectivity index (χ2v) is 14.3. The van der Waals surface area contributed by atoms with Gasteiger partial charge in [-0.15, -0.1) is 10.2 Å². The van der Waals surface area contributed by atoms with Crippen molar-refractivity contribution in [1.82, 2.24) is 23.9 Å². The van der Waals surface area contributed by atoms with Crippen LogP contribution in [0.5, 0.6) is 5.88 Å². The van der Waals surface area contributed by atoms with Crippen LogP contribution in [0.15, 0.2) is 47.6 Å². The van der Waals surface area contributed by atoms with Crippen molar-refractivity contribution in [2.24, 2.45) is 0 Å². The number of alkyl halides is 3. The highest BCUT2D eigenvalue weighted by molar-refractivity contribution is 7.89. The lowest BCUT2D eigenvalue weighted by molar-refractivity contribution is -0.145. The Morgan fingerprint density at radius 2 is 1.89 bits per heavy atom. The number of carbonyl (C=O) groups is 1. The number of aliphatic carboxylic acids is 1. The van der Waals surface area contributed by atoms with Gasteiger partial charge in [-0.2, -0.15) is 17.5 Å². The number of halogens is 3. The van der Waals surface area contributed by atoms with Crippen LogP contribution in [0.25, 0.3) is 5.65 Å². The van der Waals surface area contributed by atoms with Gasteiger partial charge in [0.05, 0.1) is 26.2 Å². The molecule has 5 heterocycles. The molecule has 6 rings (SSSR count). The second kappa shape index (κ2) is 11.6. The van der Waals surface area contributed by atoms with Crippen LogP contribution in [-0.4, -0.2) is 68.7 Å². The molecule has 2 aliphatic rings. The predicted molar refractivity (Wildman–Crippen MR) is 163 cm³/mol. The first-order chi connectivity index (χ1) is 22.1. The summed E-state index contributed by atoms with van der Waals surface area (Å²) in [6, 6.07) is 8.41. The van der Waals surface area contributed by atoms with Crippen molar-refractivity contribution in [2.45, 2.75) is 75.6 Å². The van der Waals surface area contributed by atoms with Crippen molar-refractivity contribution >= 4 is 21.6 Å². The molecule has 0 aliphatic carbocycles. The first-order valence-corrected chi connectivity index (χ1v) is 16.5.